The number of hydrogen-bond donors (Lipinski definition) is 1. The number of amides is 1. The second kappa shape index (κ2) is 9.87. The van der Waals surface area contributed by atoms with Crippen LogP contribution in [0.2, 0.25) is 0 Å². The van der Waals surface area contributed by atoms with Gasteiger partial charge in [-0.2, -0.15) is 0 Å². The minimum atomic E-state index is -0.626. The number of nitrogens with one attached hydrogen (secondary N) is 1. The molecule has 1 N–H and O–H groups in total. The highest BCUT2D eigenvalue weighted by atomic mass is 16.6. The van der Waals surface area contributed by atoms with E-state index in [4.69, 9.17) is 23.7 Å². The van der Waals surface area contributed by atoms with Gasteiger partial charge in [0, 0.05) is 0 Å². The Morgan fingerprint density at radius 2 is 1.83 bits per heavy atom. The lowest BCUT2D eigenvalue weighted by Gasteiger charge is -2.21. The van der Waals surface area contributed by atoms with Crippen molar-refractivity contribution in [2.45, 2.75) is 19.9 Å². The lowest BCUT2D eigenvalue weighted by Crippen LogP contribution is -2.31. The summed E-state index contributed by atoms with van der Waals surface area (Å²) in [6.07, 6.45) is 0. The van der Waals surface area contributed by atoms with E-state index in [1.807, 2.05) is 32.0 Å². The summed E-state index contributed by atoms with van der Waals surface area (Å²) >= 11 is 0. The van der Waals surface area contributed by atoms with Crippen LogP contribution in [0.3, 0.4) is 0 Å². The molecule has 0 unspecified atom stereocenters. The Labute approximate surface area is 175 Å². The van der Waals surface area contributed by atoms with Crippen LogP contribution in [-0.4, -0.2) is 45.4 Å². The maximum atomic E-state index is 12.3. The molecule has 160 valence electrons. The summed E-state index contributed by atoms with van der Waals surface area (Å²) in [5.41, 5.74) is 1.12. The van der Waals surface area contributed by atoms with E-state index in [1.54, 1.807) is 12.1 Å². The zero-order chi connectivity index (χ0) is 21.5. The SMILES string of the molecule is CCOc1ccc(C(=O)OCC(=O)N[C@@H](C)c2ccc3c(c2)OCCO3)cc1OC. The van der Waals surface area contributed by atoms with Crippen molar-refractivity contribution < 1.29 is 33.3 Å². The van der Waals surface area contributed by atoms with Crippen LogP contribution in [0, 0.1) is 0 Å². The predicted molar refractivity (Wildman–Crippen MR) is 108 cm³/mol. The average Bonchev–Trinajstić information content (AvgIpc) is 2.77. The molecule has 0 fully saturated rings. The molecule has 0 aliphatic carbocycles. The molecule has 0 saturated heterocycles. The van der Waals surface area contributed by atoms with E-state index >= 15 is 0 Å². The maximum absolute atomic E-state index is 12.3. The molecule has 0 saturated carbocycles. The topological polar surface area (TPSA) is 92.3 Å². The largest absolute Gasteiger partial charge is 0.493 e. The quantitative estimate of drug-likeness (QED) is 0.663. The van der Waals surface area contributed by atoms with Crippen LogP contribution in [0.15, 0.2) is 36.4 Å². The van der Waals surface area contributed by atoms with Gasteiger partial charge in [0.05, 0.1) is 25.3 Å². The van der Waals surface area contributed by atoms with Crippen molar-refractivity contribution in [3.05, 3.63) is 47.5 Å². The molecule has 3 rings (SSSR count). The fraction of sp³-hybridized carbons (Fsp3) is 0.364. The first-order chi connectivity index (χ1) is 14.5. The lowest BCUT2D eigenvalue weighted by molar-refractivity contribution is -0.124. The van der Waals surface area contributed by atoms with Gasteiger partial charge in [-0.25, -0.2) is 4.79 Å². The second-order valence-corrected chi connectivity index (χ2v) is 6.57. The minimum Gasteiger partial charge on any atom is -0.493 e. The molecule has 8 heteroatoms. The first kappa shape index (κ1) is 21.3. The number of fused-ring (bicyclic) bond motifs is 1. The van der Waals surface area contributed by atoms with Crippen LogP contribution < -0.4 is 24.3 Å². The fourth-order valence-corrected chi connectivity index (χ4v) is 2.98. The van der Waals surface area contributed by atoms with Gasteiger partial charge in [0.1, 0.15) is 13.2 Å². The van der Waals surface area contributed by atoms with E-state index in [-0.39, 0.29) is 11.6 Å². The Morgan fingerprint density at radius 1 is 1.07 bits per heavy atom. The molecule has 0 spiro atoms. The highest BCUT2D eigenvalue weighted by Gasteiger charge is 2.18. The van der Waals surface area contributed by atoms with Crippen LogP contribution in [0.25, 0.3) is 0 Å². The Bertz CT molecular complexity index is 912. The number of benzene rings is 2. The normalized spacial score (nSPS) is 13.2. The summed E-state index contributed by atoms with van der Waals surface area (Å²) in [5, 5.41) is 2.80. The van der Waals surface area contributed by atoms with Crippen molar-refractivity contribution in [3.8, 4) is 23.0 Å². The highest BCUT2D eigenvalue weighted by molar-refractivity contribution is 5.92. The third kappa shape index (κ3) is 5.14. The van der Waals surface area contributed by atoms with E-state index in [2.05, 4.69) is 5.32 Å². The Morgan fingerprint density at radius 3 is 2.57 bits per heavy atom. The zero-order valence-corrected chi connectivity index (χ0v) is 17.2. The van der Waals surface area contributed by atoms with Crippen LogP contribution in [0.4, 0.5) is 0 Å². The van der Waals surface area contributed by atoms with Gasteiger partial charge in [0.15, 0.2) is 29.6 Å². The van der Waals surface area contributed by atoms with Crippen molar-refractivity contribution in [1.82, 2.24) is 5.32 Å². The van der Waals surface area contributed by atoms with E-state index < -0.39 is 18.5 Å². The molecule has 2 aromatic rings. The number of carbonyl (C=O) groups is 2. The van der Waals surface area contributed by atoms with Gasteiger partial charge in [-0.3, -0.25) is 4.79 Å². The number of carbonyl (C=O) groups excluding carboxylic acids is 2. The van der Waals surface area contributed by atoms with Crippen molar-refractivity contribution in [3.63, 3.8) is 0 Å². The van der Waals surface area contributed by atoms with Crippen LogP contribution >= 0.6 is 0 Å². The van der Waals surface area contributed by atoms with Crippen LogP contribution in [-0.2, 0) is 9.53 Å². The van der Waals surface area contributed by atoms with E-state index in [0.29, 0.717) is 42.8 Å². The van der Waals surface area contributed by atoms with Crippen LogP contribution in [0.1, 0.15) is 35.8 Å². The highest BCUT2D eigenvalue weighted by Crippen LogP contribution is 2.32. The Balaban J connectivity index is 1.54. The molecule has 1 aliphatic rings. The number of esters is 1. The van der Waals surface area contributed by atoms with Crippen molar-refractivity contribution in [2.75, 3.05) is 33.5 Å². The molecule has 0 bridgehead atoms. The van der Waals surface area contributed by atoms with Crippen molar-refractivity contribution >= 4 is 11.9 Å². The van der Waals surface area contributed by atoms with E-state index in [9.17, 15) is 9.59 Å². The molecule has 8 nitrogen and oxygen atoms in total. The monoisotopic (exact) mass is 415 g/mol. The molecular formula is C22H25NO7. The molecule has 1 amide bonds. The smallest absolute Gasteiger partial charge is 0.338 e. The van der Waals surface area contributed by atoms with Gasteiger partial charge in [0.25, 0.3) is 5.91 Å². The van der Waals surface area contributed by atoms with E-state index in [1.165, 1.54) is 13.2 Å². The summed E-state index contributed by atoms with van der Waals surface area (Å²) < 4.78 is 26.8. The third-order valence-corrected chi connectivity index (χ3v) is 4.48. The van der Waals surface area contributed by atoms with Gasteiger partial charge in [-0.1, -0.05) is 6.07 Å². The maximum Gasteiger partial charge on any atom is 0.338 e. The fourth-order valence-electron chi connectivity index (χ4n) is 2.98. The van der Waals surface area contributed by atoms with Crippen molar-refractivity contribution in [1.29, 1.82) is 0 Å². The summed E-state index contributed by atoms with van der Waals surface area (Å²) in [5.74, 6) is 1.24. The van der Waals surface area contributed by atoms with Crippen LogP contribution in [0.5, 0.6) is 23.0 Å². The molecule has 0 radical (unpaired) electrons. The molecule has 1 aliphatic heterocycles. The molecule has 2 aromatic carbocycles. The number of methoxy groups -OCH3 is 1. The third-order valence-electron chi connectivity index (χ3n) is 4.48. The zero-order valence-electron chi connectivity index (χ0n) is 17.2. The Hall–Kier alpha value is -3.42. The number of hydrogen-bond acceptors (Lipinski definition) is 7. The van der Waals surface area contributed by atoms with Gasteiger partial charge < -0.3 is 29.0 Å². The molecule has 1 heterocycles. The van der Waals surface area contributed by atoms with Gasteiger partial charge >= 0.3 is 5.97 Å². The minimum absolute atomic E-state index is 0.267. The molecule has 30 heavy (non-hydrogen) atoms. The van der Waals surface area contributed by atoms with E-state index in [0.717, 1.165) is 5.56 Å². The summed E-state index contributed by atoms with van der Waals surface area (Å²) in [4.78, 5) is 24.5. The first-order valence-corrected chi connectivity index (χ1v) is 9.68. The number of rotatable bonds is 8. The van der Waals surface area contributed by atoms with Gasteiger partial charge in [-0.05, 0) is 49.7 Å². The van der Waals surface area contributed by atoms with Gasteiger partial charge in [-0.15, -0.1) is 0 Å². The molecule has 0 aromatic heterocycles. The second-order valence-electron chi connectivity index (χ2n) is 6.57. The van der Waals surface area contributed by atoms with Crippen molar-refractivity contribution in [2.24, 2.45) is 0 Å². The Kier molecular flexibility index (Phi) is 7.00. The standard InChI is InChI=1S/C22H25NO7/c1-4-27-17-8-6-16(12-19(17)26-3)22(25)30-13-21(24)23-14(2)15-5-7-18-20(11-15)29-10-9-28-18/h5-8,11-12,14H,4,9-10,13H2,1-3H3,(H,23,24)/t14-/m0/s1. The summed E-state index contributed by atoms with van der Waals surface area (Å²) in [6.45, 7) is 4.77. The average molecular weight is 415 g/mol. The predicted octanol–water partition coefficient (Wildman–Crippen LogP) is 2.90. The summed E-state index contributed by atoms with van der Waals surface area (Å²) in [6, 6.07) is 9.91. The molecule has 1 atom stereocenters. The number of ether oxygens (including phenoxy) is 5. The molecular weight excluding hydrogens is 390 g/mol. The lowest BCUT2D eigenvalue weighted by atomic mass is 10.1. The first-order valence-electron chi connectivity index (χ1n) is 9.68. The van der Waals surface area contributed by atoms with Gasteiger partial charge in [0.2, 0.25) is 0 Å². The summed E-state index contributed by atoms with van der Waals surface area (Å²) in [7, 11) is 1.49.